The van der Waals surface area contributed by atoms with Gasteiger partial charge in [0, 0.05) is 0 Å². The Hall–Kier alpha value is -1.49. The third-order valence-corrected chi connectivity index (χ3v) is 5.86. The third-order valence-electron chi connectivity index (χ3n) is 3.54. The predicted octanol–water partition coefficient (Wildman–Crippen LogP) is 0.224. The Balaban J connectivity index is 2.01. The maximum atomic E-state index is 13.5. The van der Waals surface area contributed by atoms with Crippen LogP contribution in [0, 0.1) is 6.92 Å². The molecule has 1 fully saturated rings. The van der Waals surface area contributed by atoms with Crippen LogP contribution in [0.15, 0.2) is 17.7 Å². The first-order valence-electron chi connectivity index (χ1n) is 7.58. The van der Waals surface area contributed by atoms with E-state index in [1.54, 1.807) is 26.0 Å². The molecule has 2 heterocycles. The Morgan fingerprint density at radius 1 is 1.40 bits per heavy atom. The molecule has 25 heavy (non-hydrogen) atoms. The summed E-state index contributed by atoms with van der Waals surface area (Å²) in [6.45, 7) is 5.64. The van der Waals surface area contributed by atoms with Gasteiger partial charge in [-0.3, -0.25) is 0 Å². The van der Waals surface area contributed by atoms with E-state index < -0.39 is 45.3 Å². The first-order chi connectivity index (χ1) is 11.7. The van der Waals surface area contributed by atoms with Crippen LogP contribution < -0.4 is 31.0 Å². The van der Waals surface area contributed by atoms with E-state index >= 15 is 0 Å². The van der Waals surface area contributed by atoms with E-state index in [0.29, 0.717) is 5.56 Å². The predicted molar refractivity (Wildman–Crippen MR) is 78.2 cm³/mol. The number of benzene rings is 1. The van der Waals surface area contributed by atoms with Gasteiger partial charge in [0.25, 0.3) is 0 Å². The van der Waals surface area contributed by atoms with E-state index in [9.17, 15) is 18.0 Å². The average molecular weight is 470 g/mol. The van der Waals surface area contributed by atoms with Gasteiger partial charge in [0.1, 0.15) is 0 Å². The molecule has 138 valence electrons. The molecule has 1 saturated heterocycles. The van der Waals surface area contributed by atoms with Crippen LogP contribution in [0.25, 0.3) is 6.08 Å². The molecular formula is C16H16F3INO4-. The molecular weight excluding hydrogens is 454 g/mol. The molecule has 1 aromatic carbocycles. The number of hydrogen-bond acceptors (Lipinski definition) is 5. The van der Waals surface area contributed by atoms with Gasteiger partial charge in [-0.25, -0.2) is 0 Å². The van der Waals surface area contributed by atoms with E-state index in [4.69, 9.17) is 14.3 Å². The fourth-order valence-corrected chi connectivity index (χ4v) is 3.49. The first-order valence-corrected chi connectivity index (χ1v) is 9.79. The van der Waals surface area contributed by atoms with Crippen molar-refractivity contribution < 1.29 is 53.8 Å². The van der Waals surface area contributed by atoms with E-state index in [1.165, 1.54) is 9.35 Å². The van der Waals surface area contributed by atoms with Crippen molar-refractivity contribution in [3.05, 3.63) is 28.8 Å². The van der Waals surface area contributed by atoms with Gasteiger partial charge in [0.2, 0.25) is 0 Å². The number of rotatable bonds is 4. The summed E-state index contributed by atoms with van der Waals surface area (Å²) in [5.41, 5.74) is 0.589. The maximum absolute atomic E-state index is 13.5. The molecule has 0 aliphatic carbocycles. The van der Waals surface area contributed by atoms with Crippen molar-refractivity contribution in [2.45, 2.75) is 37.1 Å². The van der Waals surface area contributed by atoms with E-state index in [1.807, 2.05) is 6.92 Å². The SMILES string of the molecule is CCOc1cc(C)cc2c1OC(C(F)(F)F)C(C(=O)ON1[I-][C@@H]1C)=C2. The van der Waals surface area contributed by atoms with Gasteiger partial charge >= 0.3 is 153 Å². The van der Waals surface area contributed by atoms with Gasteiger partial charge in [-0.1, -0.05) is 0 Å². The minimum atomic E-state index is -4.75. The molecule has 0 radical (unpaired) electrons. The second kappa shape index (κ2) is 6.67. The first kappa shape index (κ1) is 18.3. The van der Waals surface area contributed by atoms with Gasteiger partial charge in [0.15, 0.2) is 0 Å². The molecule has 3 rings (SSSR count). The van der Waals surface area contributed by atoms with Crippen LogP contribution >= 0.6 is 0 Å². The summed E-state index contributed by atoms with van der Waals surface area (Å²) in [5.74, 6) is -0.823. The van der Waals surface area contributed by atoms with Gasteiger partial charge in [-0.2, -0.15) is 0 Å². The molecule has 2 aliphatic rings. The van der Waals surface area contributed by atoms with Crippen LogP contribution in [0.2, 0.25) is 0 Å². The average Bonchev–Trinajstić information content (AvgIpc) is 3.20. The Morgan fingerprint density at radius 2 is 2.08 bits per heavy atom. The van der Waals surface area contributed by atoms with Crippen molar-refractivity contribution in [1.82, 2.24) is 3.28 Å². The zero-order valence-corrected chi connectivity index (χ0v) is 15.8. The molecule has 0 amide bonds. The van der Waals surface area contributed by atoms with Crippen LogP contribution in [-0.4, -0.2) is 32.2 Å². The van der Waals surface area contributed by atoms with Gasteiger partial charge in [-0.05, 0) is 0 Å². The molecule has 2 unspecified atom stereocenters. The van der Waals surface area contributed by atoms with Crippen molar-refractivity contribution >= 4 is 12.0 Å². The number of alkyl halides is 4. The molecule has 9 heteroatoms. The number of aryl methyl sites for hydroxylation is 1. The summed E-state index contributed by atoms with van der Waals surface area (Å²) < 4.78 is 52.5. The quantitative estimate of drug-likeness (QED) is 0.207. The standard InChI is InChI=1S/C16H16F3INO4/c1-4-23-12-6-8(2)5-10-7-11(15(22)25-21-9(3)20-21)14(16(17,18)19)24-13(10)12/h5-7,9,14H,4H2,1-3H3/q-1/t9-,14?,21?/m0/s1. The Kier molecular flexibility index (Phi) is 4.89. The summed E-state index contributed by atoms with van der Waals surface area (Å²) >= 11 is -0.436. The number of ether oxygens (including phenoxy) is 2. The molecule has 0 aromatic heterocycles. The molecule has 2 aliphatic heterocycles. The molecule has 0 saturated carbocycles. The zero-order valence-electron chi connectivity index (χ0n) is 13.7. The van der Waals surface area contributed by atoms with Gasteiger partial charge < -0.3 is 0 Å². The molecule has 3 atom stereocenters. The third kappa shape index (κ3) is 3.86. The van der Waals surface area contributed by atoms with Gasteiger partial charge in [-0.15, -0.1) is 0 Å². The molecule has 0 spiro atoms. The summed E-state index contributed by atoms with van der Waals surface area (Å²) in [6.07, 6.45) is -5.96. The van der Waals surface area contributed by atoms with Crippen LogP contribution in [0.3, 0.4) is 0 Å². The Bertz CT molecular complexity index is 735. The zero-order chi connectivity index (χ0) is 18.4. The second-order valence-electron chi connectivity index (χ2n) is 5.58. The summed E-state index contributed by atoms with van der Waals surface area (Å²) in [6, 6.07) is 3.25. The number of hydrogen-bond donors (Lipinski definition) is 0. The van der Waals surface area contributed by atoms with Crippen LogP contribution in [0.5, 0.6) is 11.5 Å². The monoisotopic (exact) mass is 470 g/mol. The fraction of sp³-hybridized carbons (Fsp3) is 0.438. The van der Waals surface area contributed by atoms with Crippen molar-refractivity contribution in [3.8, 4) is 11.5 Å². The van der Waals surface area contributed by atoms with E-state index in [-0.39, 0.29) is 22.2 Å². The molecule has 1 aromatic rings. The van der Waals surface area contributed by atoms with Gasteiger partial charge in [0.05, 0.1) is 0 Å². The van der Waals surface area contributed by atoms with Crippen LogP contribution in [0.1, 0.15) is 25.0 Å². The molecule has 0 N–H and O–H groups in total. The van der Waals surface area contributed by atoms with Crippen molar-refractivity contribution in [2.75, 3.05) is 6.61 Å². The van der Waals surface area contributed by atoms with E-state index in [0.717, 1.165) is 5.56 Å². The van der Waals surface area contributed by atoms with Crippen molar-refractivity contribution in [3.63, 3.8) is 0 Å². The van der Waals surface area contributed by atoms with Crippen molar-refractivity contribution in [2.24, 2.45) is 0 Å². The number of nitrogens with zero attached hydrogens (tertiary/aromatic N) is 1. The Labute approximate surface area is 153 Å². The van der Waals surface area contributed by atoms with Crippen LogP contribution in [-0.2, 0) is 9.63 Å². The van der Waals surface area contributed by atoms with Crippen molar-refractivity contribution in [1.29, 1.82) is 0 Å². The summed E-state index contributed by atoms with van der Waals surface area (Å²) in [4.78, 5) is 17.3. The number of fused-ring (bicyclic) bond motifs is 1. The Morgan fingerprint density at radius 3 is 2.64 bits per heavy atom. The topological polar surface area (TPSA) is 47.8 Å². The fourth-order valence-electron chi connectivity index (χ4n) is 2.44. The molecule has 5 nitrogen and oxygen atoms in total. The number of carbonyl (C=O) groups excluding carboxylic acids is 1. The summed E-state index contributed by atoms with van der Waals surface area (Å²) in [5, 5.41) is 0. The van der Waals surface area contributed by atoms with Crippen LogP contribution in [0.4, 0.5) is 13.2 Å². The number of halogens is 4. The summed E-state index contributed by atoms with van der Waals surface area (Å²) in [7, 11) is 0. The van der Waals surface area contributed by atoms with E-state index in [2.05, 4.69) is 0 Å². The number of carbonyl (C=O) groups is 1. The second-order valence-corrected chi connectivity index (χ2v) is 8.89. The number of hydroxylamine groups is 1. The molecule has 0 bridgehead atoms. The minimum absolute atomic E-state index is 0.0150. The normalized spacial score (nSPS) is 25.0.